The lowest BCUT2D eigenvalue weighted by Gasteiger charge is -2.33. The van der Waals surface area contributed by atoms with Crippen LogP contribution in [0, 0.1) is 5.82 Å². The zero-order valence-corrected chi connectivity index (χ0v) is 11.3. The maximum Gasteiger partial charge on any atom is 0.242 e. The van der Waals surface area contributed by atoms with E-state index in [2.05, 4.69) is 21.2 Å². The maximum absolute atomic E-state index is 13.4. The summed E-state index contributed by atoms with van der Waals surface area (Å²) < 4.78 is 13.7. The van der Waals surface area contributed by atoms with Gasteiger partial charge >= 0.3 is 0 Å². The molecule has 96 valence electrons. The van der Waals surface area contributed by atoms with E-state index in [0.29, 0.717) is 10.0 Å². The molecule has 18 heavy (non-hydrogen) atoms. The third-order valence-electron chi connectivity index (χ3n) is 2.95. The predicted molar refractivity (Wildman–Crippen MR) is 67.1 cm³/mol. The molecule has 1 fully saturated rings. The second-order valence-electron chi connectivity index (χ2n) is 4.13. The van der Waals surface area contributed by atoms with Crippen LogP contribution in [-0.4, -0.2) is 29.3 Å². The molecule has 0 saturated carbocycles. The van der Waals surface area contributed by atoms with Crippen molar-refractivity contribution >= 4 is 27.7 Å². The Bertz CT molecular complexity index is 507. The fourth-order valence-electron chi connectivity index (χ4n) is 1.85. The van der Waals surface area contributed by atoms with Crippen LogP contribution in [0.1, 0.15) is 12.5 Å². The number of benzene rings is 1. The second kappa shape index (κ2) is 5.06. The Balaban J connectivity index is 2.24. The van der Waals surface area contributed by atoms with Crippen LogP contribution in [0.4, 0.5) is 4.39 Å². The number of rotatable bonds is 2. The van der Waals surface area contributed by atoms with E-state index >= 15 is 0 Å². The molecule has 0 aliphatic carbocycles. The molecule has 2 amide bonds. The molecule has 1 aromatic rings. The first-order chi connectivity index (χ1) is 8.50. The molecule has 0 bridgehead atoms. The highest BCUT2D eigenvalue weighted by molar-refractivity contribution is 9.10. The van der Waals surface area contributed by atoms with Crippen molar-refractivity contribution in [3.63, 3.8) is 0 Å². The van der Waals surface area contributed by atoms with Gasteiger partial charge in [0, 0.05) is 6.54 Å². The summed E-state index contributed by atoms with van der Waals surface area (Å²) in [7, 11) is 0. The highest BCUT2D eigenvalue weighted by atomic mass is 79.9. The summed E-state index contributed by atoms with van der Waals surface area (Å²) in [5.41, 5.74) is 0.643. The van der Waals surface area contributed by atoms with Crippen molar-refractivity contribution in [1.29, 1.82) is 0 Å². The van der Waals surface area contributed by atoms with Crippen molar-refractivity contribution in [1.82, 2.24) is 10.2 Å². The van der Waals surface area contributed by atoms with Gasteiger partial charge in [-0.05, 0) is 34.5 Å². The summed E-state index contributed by atoms with van der Waals surface area (Å²) in [5.74, 6) is -0.741. The number of halogens is 2. The Morgan fingerprint density at radius 1 is 1.50 bits per heavy atom. The van der Waals surface area contributed by atoms with E-state index in [1.54, 1.807) is 19.1 Å². The van der Waals surface area contributed by atoms with Gasteiger partial charge in [-0.1, -0.05) is 12.1 Å². The topological polar surface area (TPSA) is 49.4 Å². The van der Waals surface area contributed by atoms with Crippen molar-refractivity contribution in [3.05, 3.63) is 34.1 Å². The molecular formula is C12H12BrFN2O2. The predicted octanol–water partition coefficient (Wildman–Crippen LogP) is 1.44. The summed E-state index contributed by atoms with van der Waals surface area (Å²) in [4.78, 5) is 24.7. The Labute approximate surface area is 112 Å². The first-order valence-electron chi connectivity index (χ1n) is 5.50. The SMILES string of the molecule is CC1C(=O)NCC(=O)N1Cc1cccc(F)c1Br. The Morgan fingerprint density at radius 3 is 2.94 bits per heavy atom. The van der Waals surface area contributed by atoms with Crippen LogP contribution >= 0.6 is 15.9 Å². The molecule has 1 saturated heterocycles. The highest BCUT2D eigenvalue weighted by Gasteiger charge is 2.31. The Hall–Kier alpha value is -1.43. The van der Waals surface area contributed by atoms with Gasteiger partial charge in [-0.2, -0.15) is 0 Å². The van der Waals surface area contributed by atoms with E-state index in [9.17, 15) is 14.0 Å². The molecule has 1 atom stereocenters. The van der Waals surface area contributed by atoms with E-state index in [1.807, 2.05) is 0 Å². The van der Waals surface area contributed by atoms with Crippen LogP contribution in [0.2, 0.25) is 0 Å². The van der Waals surface area contributed by atoms with Gasteiger partial charge in [0.2, 0.25) is 11.8 Å². The van der Waals surface area contributed by atoms with E-state index < -0.39 is 6.04 Å². The zero-order chi connectivity index (χ0) is 13.3. The summed E-state index contributed by atoms with van der Waals surface area (Å²) in [6, 6.07) is 4.09. The Morgan fingerprint density at radius 2 is 2.22 bits per heavy atom. The molecule has 1 unspecified atom stereocenters. The van der Waals surface area contributed by atoms with E-state index in [-0.39, 0.29) is 30.7 Å². The van der Waals surface area contributed by atoms with Gasteiger partial charge in [0.15, 0.2) is 0 Å². The minimum absolute atomic E-state index is 0.00386. The van der Waals surface area contributed by atoms with Crippen molar-refractivity contribution in [2.45, 2.75) is 19.5 Å². The summed E-state index contributed by atoms with van der Waals surface area (Å²) >= 11 is 3.15. The molecule has 0 spiro atoms. The number of nitrogens with zero attached hydrogens (tertiary/aromatic N) is 1. The van der Waals surface area contributed by atoms with Crippen LogP contribution in [0.25, 0.3) is 0 Å². The van der Waals surface area contributed by atoms with Crippen LogP contribution in [0.5, 0.6) is 0 Å². The van der Waals surface area contributed by atoms with Gasteiger partial charge in [-0.15, -0.1) is 0 Å². The van der Waals surface area contributed by atoms with Crippen LogP contribution in [0.15, 0.2) is 22.7 Å². The number of carbonyl (C=O) groups is 2. The van der Waals surface area contributed by atoms with Gasteiger partial charge in [0.1, 0.15) is 11.9 Å². The van der Waals surface area contributed by atoms with E-state index in [0.717, 1.165) is 0 Å². The monoisotopic (exact) mass is 314 g/mol. The summed E-state index contributed by atoms with van der Waals surface area (Å²) in [5, 5.41) is 2.51. The van der Waals surface area contributed by atoms with Gasteiger partial charge in [0.05, 0.1) is 11.0 Å². The normalized spacial score (nSPS) is 19.9. The number of piperazine rings is 1. The van der Waals surface area contributed by atoms with Crippen molar-refractivity contribution in [2.24, 2.45) is 0 Å². The van der Waals surface area contributed by atoms with Gasteiger partial charge < -0.3 is 10.2 Å². The van der Waals surface area contributed by atoms with Crippen molar-refractivity contribution in [3.8, 4) is 0 Å². The van der Waals surface area contributed by atoms with Crippen molar-refractivity contribution < 1.29 is 14.0 Å². The average molecular weight is 315 g/mol. The van der Waals surface area contributed by atoms with Crippen molar-refractivity contribution in [2.75, 3.05) is 6.54 Å². The lowest BCUT2D eigenvalue weighted by atomic mass is 10.1. The molecule has 0 radical (unpaired) electrons. The number of nitrogens with one attached hydrogen (secondary N) is 1. The lowest BCUT2D eigenvalue weighted by molar-refractivity contribution is -0.145. The van der Waals surface area contributed by atoms with Crippen LogP contribution in [-0.2, 0) is 16.1 Å². The molecule has 1 N–H and O–H groups in total. The smallest absolute Gasteiger partial charge is 0.242 e. The molecular weight excluding hydrogens is 303 g/mol. The molecule has 2 rings (SSSR count). The lowest BCUT2D eigenvalue weighted by Crippen LogP contribution is -2.56. The molecule has 1 heterocycles. The van der Waals surface area contributed by atoms with Gasteiger partial charge in [-0.3, -0.25) is 9.59 Å². The average Bonchev–Trinajstić information content (AvgIpc) is 2.35. The molecule has 4 nitrogen and oxygen atoms in total. The molecule has 6 heteroatoms. The standard InChI is InChI=1S/C12H12BrFN2O2/c1-7-12(18)15-5-10(17)16(7)6-8-3-2-4-9(14)11(8)13/h2-4,7H,5-6H2,1H3,(H,15,18). The fraction of sp³-hybridized carbons (Fsp3) is 0.333. The van der Waals surface area contributed by atoms with Crippen LogP contribution in [0.3, 0.4) is 0 Å². The quantitative estimate of drug-likeness (QED) is 0.898. The van der Waals surface area contributed by atoms with Gasteiger partial charge in [0.25, 0.3) is 0 Å². The minimum Gasteiger partial charge on any atom is -0.345 e. The largest absolute Gasteiger partial charge is 0.345 e. The summed E-state index contributed by atoms with van der Waals surface area (Å²) in [6.45, 7) is 1.86. The zero-order valence-electron chi connectivity index (χ0n) is 9.74. The molecule has 0 aromatic heterocycles. The van der Waals surface area contributed by atoms with Gasteiger partial charge in [-0.25, -0.2) is 4.39 Å². The maximum atomic E-state index is 13.4. The van der Waals surface area contributed by atoms with Crippen LogP contribution < -0.4 is 5.32 Å². The molecule has 1 aromatic carbocycles. The number of hydrogen-bond donors (Lipinski definition) is 1. The van der Waals surface area contributed by atoms with E-state index in [4.69, 9.17) is 0 Å². The third kappa shape index (κ3) is 2.38. The highest BCUT2D eigenvalue weighted by Crippen LogP contribution is 2.23. The minimum atomic E-state index is -0.540. The molecule has 1 aliphatic heterocycles. The number of carbonyl (C=O) groups excluding carboxylic acids is 2. The summed E-state index contributed by atoms with van der Waals surface area (Å²) in [6.07, 6.45) is 0. The first-order valence-corrected chi connectivity index (χ1v) is 6.30. The number of hydrogen-bond acceptors (Lipinski definition) is 2. The molecule has 1 aliphatic rings. The first kappa shape index (κ1) is 13.0. The fourth-order valence-corrected chi connectivity index (χ4v) is 2.24. The Kier molecular flexibility index (Phi) is 3.65. The van der Waals surface area contributed by atoms with E-state index in [1.165, 1.54) is 11.0 Å². The second-order valence-corrected chi connectivity index (χ2v) is 4.92. The third-order valence-corrected chi connectivity index (χ3v) is 3.84. The number of amides is 2.